The summed E-state index contributed by atoms with van der Waals surface area (Å²) in [5.41, 5.74) is 5.16. The van der Waals surface area contributed by atoms with E-state index in [1.165, 1.54) is 30.4 Å². The molecule has 1 heterocycles. The van der Waals surface area contributed by atoms with Gasteiger partial charge in [0.05, 0.1) is 6.61 Å². The minimum atomic E-state index is -0.489. The molecule has 1 aromatic rings. The highest BCUT2D eigenvalue weighted by Crippen LogP contribution is 2.40. The van der Waals surface area contributed by atoms with Crippen LogP contribution in [0.3, 0.4) is 0 Å². The Kier molecular flexibility index (Phi) is 6.29. The van der Waals surface area contributed by atoms with E-state index >= 15 is 0 Å². The molecule has 4 nitrogen and oxygen atoms in total. The third kappa shape index (κ3) is 5.12. The van der Waals surface area contributed by atoms with E-state index in [4.69, 9.17) is 4.74 Å². The number of ether oxygens (including phenoxy) is 1. The van der Waals surface area contributed by atoms with Crippen molar-refractivity contribution in [1.82, 2.24) is 9.97 Å². The second-order valence-electron chi connectivity index (χ2n) is 7.21. The Hall–Kier alpha value is -2.23. The number of carbonyl (C=O) groups excluding carboxylic acids is 1. The summed E-state index contributed by atoms with van der Waals surface area (Å²) in [7, 11) is 0. The number of nitrogens with zero attached hydrogens (tertiary/aromatic N) is 2. The van der Waals surface area contributed by atoms with Crippen LogP contribution in [0, 0.1) is 5.41 Å². The van der Waals surface area contributed by atoms with Gasteiger partial charge in [-0.15, -0.1) is 0 Å². The van der Waals surface area contributed by atoms with Crippen LogP contribution in [0.5, 0.6) is 0 Å². The molecule has 0 N–H and O–H groups in total. The van der Waals surface area contributed by atoms with E-state index in [-0.39, 0.29) is 11.2 Å². The van der Waals surface area contributed by atoms with Gasteiger partial charge in [-0.1, -0.05) is 37.1 Å². The van der Waals surface area contributed by atoms with Crippen LogP contribution >= 0.6 is 0 Å². The van der Waals surface area contributed by atoms with Crippen LogP contribution in [0.15, 0.2) is 41.3 Å². The number of esters is 1. The fourth-order valence-corrected chi connectivity index (χ4v) is 3.25. The van der Waals surface area contributed by atoms with Crippen molar-refractivity contribution < 1.29 is 9.53 Å². The molecular formula is C21H28N2O2. The Morgan fingerprint density at radius 3 is 2.60 bits per heavy atom. The van der Waals surface area contributed by atoms with E-state index in [0.717, 1.165) is 11.1 Å². The molecule has 1 aliphatic carbocycles. The second-order valence-corrected chi connectivity index (χ2v) is 7.21. The van der Waals surface area contributed by atoms with Gasteiger partial charge in [-0.3, -0.25) is 0 Å². The number of aromatic nitrogens is 2. The molecule has 25 heavy (non-hydrogen) atoms. The number of hydrogen-bond donors (Lipinski definition) is 0. The Labute approximate surface area is 150 Å². The lowest BCUT2D eigenvalue weighted by molar-refractivity contribution is 0.0512. The third-order valence-electron chi connectivity index (χ3n) is 4.58. The van der Waals surface area contributed by atoms with Gasteiger partial charge in [-0.25, -0.2) is 14.8 Å². The molecule has 2 rings (SSSR count). The molecule has 1 aromatic heterocycles. The first-order valence-electron chi connectivity index (χ1n) is 8.89. The van der Waals surface area contributed by atoms with E-state index in [1.54, 1.807) is 19.3 Å². The molecular weight excluding hydrogens is 312 g/mol. The molecule has 0 atom stereocenters. The van der Waals surface area contributed by atoms with Gasteiger partial charge in [0.1, 0.15) is 0 Å². The molecule has 0 aromatic carbocycles. The summed E-state index contributed by atoms with van der Waals surface area (Å²) in [5, 5.41) is 0. The maximum Gasteiger partial charge on any atom is 0.376 e. The number of hydrogen-bond acceptors (Lipinski definition) is 4. The molecule has 0 aliphatic heterocycles. The lowest BCUT2D eigenvalue weighted by Gasteiger charge is -2.32. The number of allylic oxidation sites excluding steroid dienone is 5. The van der Waals surface area contributed by atoms with Crippen molar-refractivity contribution in [2.45, 2.75) is 53.9 Å². The average Bonchev–Trinajstić information content (AvgIpc) is 2.54. The fraction of sp³-hybridized carbons (Fsp3) is 0.476. The van der Waals surface area contributed by atoms with Gasteiger partial charge in [0, 0.05) is 18.0 Å². The Morgan fingerprint density at radius 2 is 2.00 bits per heavy atom. The Balaban J connectivity index is 2.12. The summed E-state index contributed by atoms with van der Waals surface area (Å²) in [4.78, 5) is 19.7. The van der Waals surface area contributed by atoms with Gasteiger partial charge in [0.2, 0.25) is 5.82 Å². The maximum absolute atomic E-state index is 11.6. The smallest absolute Gasteiger partial charge is 0.376 e. The minimum Gasteiger partial charge on any atom is -0.460 e. The zero-order chi connectivity index (χ0) is 18.4. The molecule has 0 saturated carbocycles. The van der Waals surface area contributed by atoms with Crippen LogP contribution in [-0.4, -0.2) is 22.5 Å². The van der Waals surface area contributed by atoms with Crippen LogP contribution in [-0.2, 0) is 4.74 Å². The van der Waals surface area contributed by atoms with Crippen LogP contribution in [0.2, 0.25) is 0 Å². The van der Waals surface area contributed by atoms with Crippen LogP contribution in [0.4, 0.5) is 0 Å². The summed E-state index contributed by atoms with van der Waals surface area (Å²) < 4.78 is 4.89. The number of rotatable bonds is 5. The monoisotopic (exact) mass is 340 g/mol. The topological polar surface area (TPSA) is 52.1 Å². The molecule has 4 heteroatoms. The second kappa shape index (κ2) is 8.24. The van der Waals surface area contributed by atoms with E-state index in [1.807, 2.05) is 6.08 Å². The van der Waals surface area contributed by atoms with Gasteiger partial charge in [0.25, 0.3) is 0 Å². The molecule has 0 amide bonds. The first-order valence-corrected chi connectivity index (χ1v) is 8.89. The van der Waals surface area contributed by atoms with E-state index in [2.05, 4.69) is 49.8 Å². The predicted molar refractivity (Wildman–Crippen MR) is 101 cm³/mol. The largest absolute Gasteiger partial charge is 0.460 e. The Bertz CT molecular complexity index is 710. The summed E-state index contributed by atoms with van der Waals surface area (Å²) in [6.45, 7) is 11.0. The third-order valence-corrected chi connectivity index (χ3v) is 4.58. The van der Waals surface area contributed by atoms with E-state index in [0.29, 0.717) is 6.61 Å². The summed E-state index contributed by atoms with van der Waals surface area (Å²) in [5.74, 6) is -0.395. The SMILES string of the molecule is CCOC(=O)c1ncc(C=C(C)C=CC2=C(C)CCCC2(C)C)cn1. The van der Waals surface area contributed by atoms with Crippen LogP contribution in [0.1, 0.15) is 70.1 Å². The lowest BCUT2D eigenvalue weighted by atomic mass is 9.72. The molecule has 0 unspecified atom stereocenters. The molecule has 0 radical (unpaired) electrons. The zero-order valence-electron chi connectivity index (χ0n) is 15.9. The van der Waals surface area contributed by atoms with Crippen molar-refractivity contribution in [1.29, 1.82) is 0 Å². The van der Waals surface area contributed by atoms with E-state index < -0.39 is 5.97 Å². The van der Waals surface area contributed by atoms with Crippen molar-refractivity contribution in [3.05, 3.63) is 52.7 Å². The highest BCUT2D eigenvalue weighted by molar-refractivity contribution is 5.85. The van der Waals surface area contributed by atoms with Crippen molar-refractivity contribution >= 4 is 12.0 Å². The predicted octanol–water partition coefficient (Wildman–Crippen LogP) is 5.14. The molecule has 0 fully saturated rings. The highest BCUT2D eigenvalue weighted by Gasteiger charge is 2.26. The van der Waals surface area contributed by atoms with Gasteiger partial charge >= 0.3 is 5.97 Å². The zero-order valence-corrected chi connectivity index (χ0v) is 15.9. The molecule has 0 saturated heterocycles. The van der Waals surface area contributed by atoms with Crippen LogP contribution < -0.4 is 0 Å². The van der Waals surface area contributed by atoms with Gasteiger partial charge in [0.15, 0.2) is 0 Å². The van der Waals surface area contributed by atoms with Gasteiger partial charge in [-0.2, -0.15) is 0 Å². The maximum atomic E-state index is 11.6. The molecule has 1 aliphatic rings. The first kappa shape index (κ1) is 19.1. The first-order chi connectivity index (χ1) is 11.8. The van der Waals surface area contributed by atoms with Crippen LogP contribution in [0.25, 0.3) is 6.08 Å². The summed E-state index contributed by atoms with van der Waals surface area (Å²) in [6.07, 6.45) is 13.4. The average molecular weight is 340 g/mol. The quantitative estimate of drug-likeness (QED) is 0.550. The molecule has 134 valence electrons. The standard InChI is InChI=1S/C21H28N2O2/c1-6-25-20(24)19-22-13-17(14-23-19)12-15(2)9-10-18-16(3)8-7-11-21(18,4)5/h9-10,12-14H,6-8,11H2,1-5H3. The van der Waals surface area contributed by atoms with Gasteiger partial charge in [-0.05, 0) is 57.1 Å². The van der Waals surface area contributed by atoms with Gasteiger partial charge < -0.3 is 4.74 Å². The molecule has 0 spiro atoms. The fourth-order valence-electron chi connectivity index (χ4n) is 3.25. The minimum absolute atomic E-state index is 0.0944. The Morgan fingerprint density at radius 1 is 1.32 bits per heavy atom. The van der Waals surface area contributed by atoms with Crippen molar-refractivity contribution in [2.75, 3.05) is 6.61 Å². The summed E-state index contributed by atoms with van der Waals surface area (Å²) >= 11 is 0. The van der Waals surface area contributed by atoms with Crippen molar-refractivity contribution in [3.8, 4) is 0 Å². The molecule has 0 bridgehead atoms. The van der Waals surface area contributed by atoms with Crippen molar-refractivity contribution in [2.24, 2.45) is 5.41 Å². The van der Waals surface area contributed by atoms with E-state index in [9.17, 15) is 4.79 Å². The normalized spacial score (nSPS) is 17.9. The number of carbonyl (C=O) groups is 1. The highest BCUT2D eigenvalue weighted by atomic mass is 16.5. The van der Waals surface area contributed by atoms with Crippen molar-refractivity contribution in [3.63, 3.8) is 0 Å². The lowest BCUT2D eigenvalue weighted by Crippen LogP contribution is -2.19. The summed E-state index contributed by atoms with van der Waals surface area (Å²) in [6, 6.07) is 0.